The van der Waals surface area contributed by atoms with Gasteiger partial charge in [-0.25, -0.2) is 0 Å². The molecule has 4 nitrogen and oxygen atoms in total. The summed E-state index contributed by atoms with van der Waals surface area (Å²) in [5.41, 5.74) is 3.57. The number of anilines is 2. The second-order valence-corrected chi connectivity index (χ2v) is 8.06. The molecule has 0 aliphatic carbocycles. The lowest BCUT2D eigenvalue weighted by Gasteiger charge is -2.33. The van der Waals surface area contributed by atoms with Gasteiger partial charge in [-0.15, -0.1) is 11.8 Å². The maximum Gasteiger partial charge on any atom is 0.269 e. The smallest absolute Gasteiger partial charge is 0.269 e. The standard InChI is InChI=1S/C23H18N2O2S/c26-21-16-28-23(25(21)18-11-5-2-6-12-18)19-13-7-8-14-20(19)24(22(23)27)15-17-9-3-1-4-10-17/h1-14H,15-16H2/t23-/m0/s1. The Morgan fingerprint density at radius 3 is 2.21 bits per heavy atom. The summed E-state index contributed by atoms with van der Waals surface area (Å²) in [6.07, 6.45) is 0. The van der Waals surface area contributed by atoms with Gasteiger partial charge < -0.3 is 4.90 Å². The van der Waals surface area contributed by atoms with Gasteiger partial charge in [0.2, 0.25) is 10.8 Å². The first kappa shape index (κ1) is 17.1. The van der Waals surface area contributed by atoms with Crippen molar-refractivity contribution < 1.29 is 9.59 Å². The molecular weight excluding hydrogens is 368 g/mol. The van der Waals surface area contributed by atoms with Gasteiger partial charge in [0.15, 0.2) is 0 Å². The Balaban J connectivity index is 1.66. The quantitative estimate of drug-likeness (QED) is 0.678. The van der Waals surface area contributed by atoms with Crippen molar-refractivity contribution in [3.63, 3.8) is 0 Å². The van der Waals surface area contributed by atoms with Crippen LogP contribution in [0, 0.1) is 0 Å². The predicted molar refractivity (Wildman–Crippen MR) is 112 cm³/mol. The first-order valence-electron chi connectivity index (χ1n) is 9.19. The second kappa shape index (κ2) is 6.53. The van der Waals surface area contributed by atoms with E-state index in [0.717, 1.165) is 22.5 Å². The minimum Gasteiger partial charge on any atom is -0.304 e. The second-order valence-electron chi connectivity index (χ2n) is 6.89. The number of nitrogens with zero attached hydrogens (tertiary/aromatic N) is 2. The van der Waals surface area contributed by atoms with Crippen molar-refractivity contribution >= 4 is 35.0 Å². The number of fused-ring (bicyclic) bond motifs is 2. The fourth-order valence-electron chi connectivity index (χ4n) is 4.06. The number of carbonyl (C=O) groups excluding carboxylic acids is 2. The van der Waals surface area contributed by atoms with Crippen LogP contribution in [-0.4, -0.2) is 17.6 Å². The molecule has 28 heavy (non-hydrogen) atoms. The van der Waals surface area contributed by atoms with Crippen LogP contribution in [0.15, 0.2) is 84.9 Å². The summed E-state index contributed by atoms with van der Waals surface area (Å²) >= 11 is 1.41. The normalized spacial score (nSPS) is 20.9. The van der Waals surface area contributed by atoms with Crippen molar-refractivity contribution in [2.24, 2.45) is 0 Å². The van der Waals surface area contributed by atoms with Crippen LogP contribution in [0.4, 0.5) is 11.4 Å². The Morgan fingerprint density at radius 1 is 0.821 bits per heavy atom. The van der Waals surface area contributed by atoms with Crippen molar-refractivity contribution in [1.29, 1.82) is 0 Å². The Kier molecular flexibility index (Phi) is 3.98. The Morgan fingerprint density at radius 2 is 1.46 bits per heavy atom. The number of benzene rings is 3. The summed E-state index contributed by atoms with van der Waals surface area (Å²) in [6, 6.07) is 27.3. The zero-order valence-electron chi connectivity index (χ0n) is 15.1. The van der Waals surface area contributed by atoms with Gasteiger partial charge in [0, 0.05) is 11.3 Å². The molecule has 1 saturated heterocycles. The molecule has 0 bridgehead atoms. The molecule has 1 atom stereocenters. The van der Waals surface area contributed by atoms with Crippen molar-refractivity contribution in [2.45, 2.75) is 11.4 Å². The Bertz CT molecular complexity index is 1050. The third kappa shape index (κ3) is 2.39. The third-order valence-electron chi connectivity index (χ3n) is 5.26. The Labute approximate surface area is 167 Å². The highest BCUT2D eigenvalue weighted by atomic mass is 32.2. The maximum atomic E-state index is 13.8. The van der Waals surface area contributed by atoms with Gasteiger partial charge in [-0.3, -0.25) is 14.5 Å². The first-order valence-corrected chi connectivity index (χ1v) is 10.2. The van der Waals surface area contributed by atoms with Gasteiger partial charge >= 0.3 is 0 Å². The van der Waals surface area contributed by atoms with Gasteiger partial charge in [0.25, 0.3) is 5.91 Å². The predicted octanol–water partition coefficient (Wildman–Crippen LogP) is 4.17. The van der Waals surface area contributed by atoms with Crippen LogP contribution in [0.1, 0.15) is 11.1 Å². The van der Waals surface area contributed by atoms with E-state index >= 15 is 0 Å². The van der Waals surface area contributed by atoms with Gasteiger partial charge in [0.1, 0.15) is 0 Å². The summed E-state index contributed by atoms with van der Waals surface area (Å²) in [5.74, 6) is 0.187. The number of hydrogen-bond acceptors (Lipinski definition) is 3. The average Bonchev–Trinajstić information content (AvgIpc) is 3.21. The molecule has 0 aromatic heterocycles. The van der Waals surface area contributed by atoms with Gasteiger partial charge in [-0.1, -0.05) is 66.7 Å². The van der Waals surface area contributed by atoms with Crippen LogP contribution >= 0.6 is 11.8 Å². The first-order chi connectivity index (χ1) is 13.7. The van der Waals surface area contributed by atoms with E-state index in [1.54, 1.807) is 4.90 Å². The molecule has 0 saturated carbocycles. The summed E-state index contributed by atoms with van der Waals surface area (Å²) in [5, 5.41) is 0. The monoisotopic (exact) mass is 386 g/mol. The fraction of sp³-hybridized carbons (Fsp3) is 0.130. The highest BCUT2D eigenvalue weighted by Crippen LogP contribution is 2.55. The highest BCUT2D eigenvalue weighted by molar-refractivity contribution is 8.02. The van der Waals surface area contributed by atoms with Crippen LogP contribution < -0.4 is 9.80 Å². The molecule has 138 valence electrons. The van der Waals surface area contributed by atoms with Crippen LogP contribution in [0.5, 0.6) is 0 Å². The molecule has 2 aliphatic rings. The molecule has 5 rings (SSSR count). The molecule has 3 aromatic rings. The lowest BCUT2D eigenvalue weighted by atomic mass is 10.0. The molecule has 0 N–H and O–H groups in total. The number of para-hydroxylation sites is 2. The largest absolute Gasteiger partial charge is 0.304 e. The minimum absolute atomic E-state index is 0.0408. The molecule has 0 radical (unpaired) electrons. The van der Waals surface area contributed by atoms with Gasteiger partial charge in [-0.2, -0.15) is 0 Å². The molecule has 3 aromatic carbocycles. The number of thioether (sulfide) groups is 1. The molecule has 0 unspecified atom stereocenters. The fourth-order valence-corrected chi connectivity index (χ4v) is 5.41. The van der Waals surface area contributed by atoms with Crippen LogP contribution in [0.3, 0.4) is 0 Å². The molecule has 2 aliphatic heterocycles. The summed E-state index contributed by atoms with van der Waals surface area (Å²) < 4.78 is 0. The lowest BCUT2D eigenvalue weighted by Crippen LogP contribution is -2.49. The number of carbonyl (C=O) groups is 2. The SMILES string of the molecule is O=C1CS[C@@]2(C(=O)N(Cc3ccccc3)c3ccccc32)N1c1ccccc1. The van der Waals surface area contributed by atoms with E-state index in [1.807, 2.05) is 89.8 Å². The zero-order chi connectivity index (χ0) is 19.1. The molecule has 5 heteroatoms. The topological polar surface area (TPSA) is 40.6 Å². The van der Waals surface area contributed by atoms with E-state index in [2.05, 4.69) is 0 Å². The van der Waals surface area contributed by atoms with E-state index < -0.39 is 4.87 Å². The number of hydrogen-bond donors (Lipinski definition) is 0. The lowest BCUT2D eigenvalue weighted by molar-refractivity contribution is -0.123. The Hall–Kier alpha value is -3.05. The average molecular weight is 386 g/mol. The number of rotatable bonds is 3. The minimum atomic E-state index is -1.04. The molecular formula is C23H18N2O2S. The summed E-state index contributed by atoms with van der Waals surface area (Å²) in [7, 11) is 0. The number of amides is 2. The van der Waals surface area contributed by atoms with Crippen molar-refractivity contribution in [3.05, 3.63) is 96.1 Å². The van der Waals surface area contributed by atoms with Crippen molar-refractivity contribution in [3.8, 4) is 0 Å². The van der Waals surface area contributed by atoms with E-state index in [-0.39, 0.29) is 17.6 Å². The summed E-state index contributed by atoms with van der Waals surface area (Å²) in [6.45, 7) is 0.482. The molecule has 2 heterocycles. The third-order valence-corrected chi connectivity index (χ3v) is 6.65. The molecule has 1 spiro atoms. The van der Waals surface area contributed by atoms with Crippen molar-refractivity contribution in [2.75, 3.05) is 15.6 Å². The maximum absolute atomic E-state index is 13.8. The van der Waals surface area contributed by atoms with Gasteiger partial charge in [-0.05, 0) is 23.8 Å². The van der Waals surface area contributed by atoms with Crippen LogP contribution in [-0.2, 0) is 21.0 Å². The highest BCUT2D eigenvalue weighted by Gasteiger charge is 2.60. The van der Waals surface area contributed by atoms with E-state index in [9.17, 15) is 9.59 Å². The van der Waals surface area contributed by atoms with Crippen LogP contribution in [0.25, 0.3) is 0 Å². The molecule has 2 amide bonds. The van der Waals surface area contributed by atoms with E-state index in [0.29, 0.717) is 6.54 Å². The van der Waals surface area contributed by atoms with Crippen LogP contribution in [0.2, 0.25) is 0 Å². The van der Waals surface area contributed by atoms with Gasteiger partial charge in [0.05, 0.1) is 18.0 Å². The van der Waals surface area contributed by atoms with Crippen molar-refractivity contribution in [1.82, 2.24) is 0 Å². The van der Waals surface area contributed by atoms with E-state index in [4.69, 9.17) is 0 Å². The molecule has 1 fully saturated rings. The van der Waals surface area contributed by atoms with E-state index in [1.165, 1.54) is 11.8 Å². The zero-order valence-corrected chi connectivity index (χ0v) is 15.9. The summed E-state index contributed by atoms with van der Waals surface area (Å²) in [4.78, 5) is 29.2.